The quantitative estimate of drug-likeness (QED) is 0.260. The first-order chi connectivity index (χ1) is 17.1. The van der Waals surface area contributed by atoms with Crippen molar-refractivity contribution in [2.45, 2.75) is 30.1 Å². The van der Waals surface area contributed by atoms with Crippen LogP contribution in [0.25, 0.3) is 11.1 Å². The second-order valence-electron chi connectivity index (χ2n) is 8.38. The normalized spacial score (nSPS) is 14.2. The minimum absolute atomic E-state index is 0. The lowest BCUT2D eigenvalue weighted by Crippen LogP contribution is -2.27. The van der Waals surface area contributed by atoms with Gasteiger partial charge in [0.05, 0.1) is 12.0 Å². The number of rotatable bonds is 8. The van der Waals surface area contributed by atoms with E-state index in [1.807, 2.05) is 73.7 Å². The lowest BCUT2D eigenvalue weighted by Gasteiger charge is -2.17. The van der Waals surface area contributed by atoms with Gasteiger partial charge in [0, 0.05) is 30.6 Å². The molecule has 0 radical (unpaired) electrons. The molecule has 3 aromatic rings. The Bertz CT molecular complexity index is 1150. The van der Waals surface area contributed by atoms with E-state index in [-0.39, 0.29) is 26.2 Å². The Morgan fingerprint density at radius 3 is 2.42 bits per heavy atom. The maximum Gasteiger partial charge on any atom is 0.235 e. The number of nitrogens with one attached hydrogen (secondary N) is 2. The van der Waals surface area contributed by atoms with E-state index < -0.39 is 5.41 Å². The molecule has 9 heteroatoms. The molecule has 1 saturated carbocycles. The van der Waals surface area contributed by atoms with E-state index in [0.717, 1.165) is 71.0 Å². The van der Waals surface area contributed by atoms with Crippen molar-refractivity contribution in [3.05, 3.63) is 72.3 Å². The number of fused-ring (bicyclic) bond motifs is 1. The van der Waals surface area contributed by atoms with Crippen LogP contribution in [0.5, 0.6) is 11.5 Å². The number of hydrogen-bond donors (Lipinski definition) is 4. The summed E-state index contributed by atoms with van der Waals surface area (Å²) in [4.78, 5) is 13.9. The first-order valence-electron chi connectivity index (χ1n) is 11.6. The summed E-state index contributed by atoms with van der Waals surface area (Å²) in [6.45, 7) is 4.14. The van der Waals surface area contributed by atoms with E-state index in [0.29, 0.717) is 5.75 Å². The molecule has 1 heterocycles. The topological polar surface area (TPSA) is 132 Å². The Balaban J connectivity index is 0.000000543. The van der Waals surface area contributed by atoms with Crippen molar-refractivity contribution in [3.8, 4) is 22.6 Å². The molecule has 8 nitrogen and oxygen atoms in total. The average Bonchev–Trinajstić information content (AvgIpc) is 3.59. The highest BCUT2D eigenvalue weighted by molar-refractivity contribution is 7.93. The summed E-state index contributed by atoms with van der Waals surface area (Å²) < 4.78 is 20.0. The number of aliphatic hydroxyl groups excluding tert-OH is 1. The molecule has 0 saturated heterocycles. The lowest BCUT2D eigenvalue weighted by atomic mass is 9.94. The number of carbonyl (C=O) groups excluding carboxylic acids is 1. The van der Waals surface area contributed by atoms with Gasteiger partial charge in [-0.3, -0.25) is 4.79 Å². The molecule has 6 N–H and O–H groups in total. The highest BCUT2D eigenvalue weighted by Crippen LogP contribution is 2.51. The third kappa shape index (κ3) is 6.37. The van der Waals surface area contributed by atoms with Gasteiger partial charge in [0.15, 0.2) is 11.5 Å². The van der Waals surface area contributed by atoms with Crippen LogP contribution in [0, 0.1) is 0 Å². The van der Waals surface area contributed by atoms with Crippen LogP contribution < -0.4 is 20.1 Å². The predicted molar refractivity (Wildman–Crippen MR) is 144 cm³/mol. The predicted octanol–water partition coefficient (Wildman–Crippen LogP) is 4.33. The smallest absolute Gasteiger partial charge is 0.235 e. The molecule has 1 fully saturated rings. The molecule has 0 atom stereocenters. The summed E-state index contributed by atoms with van der Waals surface area (Å²) in [5.74, 6) is 1.43. The largest absolute Gasteiger partial charge is 0.454 e. The maximum absolute atomic E-state index is 13.1. The Labute approximate surface area is 216 Å². The van der Waals surface area contributed by atoms with Crippen molar-refractivity contribution in [2.24, 2.45) is 0 Å². The Morgan fingerprint density at radius 2 is 1.78 bits per heavy atom. The molecule has 0 bridgehead atoms. The summed E-state index contributed by atoms with van der Waals surface area (Å²) in [6, 6.07) is 21.2. The molecule has 1 aliphatic heterocycles. The van der Waals surface area contributed by atoms with E-state index in [1.165, 1.54) is 0 Å². The highest BCUT2D eigenvalue weighted by atomic mass is 32.2. The fourth-order valence-corrected chi connectivity index (χ4v) is 4.22. The number of likely N-dealkylation sites (N-methyl/N-ethyl adjacent to an activating group) is 1. The van der Waals surface area contributed by atoms with Gasteiger partial charge in [0.2, 0.25) is 12.7 Å². The third-order valence-corrected chi connectivity index (χ3v) is 6.54. The second kappa shape index (κ2) is 12.8. The van der Waals surface area contributed by atoms with Crippen LogP contribution in [0.1, 0.15) is 26.8 Å². The van der Waals surface area contributed by atoms with Gasteiger partial charge in [-0.25, -0.2) is 0 Å². The van der Waals surface area contributed by atoms with Gasteiger partial charge < -0.3 is 35.2 Å². The molecule has 0 spiro atoms. The molecule has 36 heavy (non-hydrogen) atoms. The monoisotopic (exact) mass is 514 g/mol. The van der Waals surface area contributed by atoms with Crippen molar-refractivity contribution >= 4 is 23.6 Å². The molecular weight excluding hydrogens is 480 g/mol. The minimum Gasteiger partial charge on any atom is -0.454 e. The van der Waals surface area contributed by atoms with Crippen LogP contribution in [-0.4, -0.2) is 47.5 Å². The van der Waals surface area contributed by atoms with E-state index in [4.69, 9.17) is 19.1 Å². The number of ether oxygens (including phenoxy) is 2. The number of aliphatic hydroxyl groups is 1. The first-order valence-corrected chi connectivity index (χ1v) is 12.4. The summed E-state index contributed by atoms with van der Waals surface area (Å²) in [5.41, 5.74) is 3.26. The Morgan fingerprint density at radius 1 is 1.03 bits per heavy atom. The van der Waals surface area contributed by atoms with E-state index >= 15 is 0 Å². The maximum atomic E-state index is 13.1. The number of hydrogen-bond acceptors (Lipinski definition) is 7. The number of anilines is 1. The Hall–Kier alpha value is -3.08. The van der Waals surface area contributed by atoms with Crippen LogP contribution in [-0.2, 0) is 10.2 Å². The van der Waals surface area contributed by atoms with Gasteiger partial charge in [-0.2, -0.15) is 0 Å². The molecule has 0 aromatic heterocycles. The summed E-state index contributed by atoms with van der Waals surface area (Å²) in [6.07, 6.45) is 1.64. The summed E-state index contributed by atoms with van der Waals surface area (Å²) in [7, 11) is 0. The number of carbonyl (C=O) groups is 1. The molecule has 0 unspecified atom stereocenters. The molecule has 1 amide bonds. The van der Waals surface area contributed by atoms with Crippen molar-refractivity contribution in [3.63, 3.8) is 0 Å². The summed E-state index contributed by atoms with van der Waals surface area (Å²) in [5, 5.41) is 14.2. The van der Waals surface area contributed by atoms with Crippen LogP contribution in [0.4, 0.5) is 5.69 Å². The van der Waals surface area contributed by atoms with Crippen LogP contribution in [0.2, 0.25) is 0 Å². The van der Waals surface area contributed by atoms with Crippen LogP contribution in [0.15, 0.2) is 71.6 Å². The standard InChI is InChI=1S/C23H19NO4S.C4H11NO.H2O.H2/c25-22(23(10-11-23)17-6-9-20-21(13-17)28-14-27-20)24-18-3-1-2-16(12-18)15-4-7-19(29-26)8-5-15;1-2-5-3-4-6;;/h1-9,12-13,26H,10-11,14H2,(H,24,25);5-6H,2-4H2,1H3;1H2;1H. The van der Waals surface area contributed by atoms with Crippen LogP contribution >= 0.6 is 12.0 Å². The van der Waals surface area contributed by atoms with Gasteiger partial charge in [-0.1, -0.05) is 37.3 Å². The Kier molecular flexibility index (Phi) is 9.74. The van der Waals surface area contributed by atoms with Crippen molar-refractivity contribution in [1.29, 1.82) is 0 Å². The van der Waals surface area contributed by atoms with Gasteiger partial charge in [-0.05, 0) is 72.5 Å². The SMILES string of the molecule is CCNCCO.O.O=C(Nc1cccc(-c2ccc(SO)cc2)c1)C1(c2ccc3c(c2)OCO3)CC1.[HH]. The molecule has 1 aliphatic carbocycles. The van der Waals surface area contributed by atoms with E-state index in [2.05, 4.69) is 10.6 Å². The highest BCUT2D eigenvalue weighted by Gasteiger charge is 2.51. The van der Waals surface area contributed by atoms with E-state index in [1.54, 1.807) is 0 Å². The zero-order valence-electron chi connectivity index (χ0n) is 20.1. The third-order valence-electron chi connectivity index (χ3n) is 6.06. The number of benzene rings is 3. The van der Waals surface area contributed by atoms with E-state index in [9.17, 15) is 4.79 Å². The fraction of sp³-hybridized carbons (Fsp3) is 0.296. The fourth-order valence-electron chi connectivity index (χ4n) is 3.96. The lowest BCUT2D eigenvalue weighted by molar-refractivity contribution is -0.118. The van der Waals surface area contributed by atoms with Gasteiger partial charge >= 0.3 is 0 Å². The summed E-state index contributed by atoms with van der Waals surface area (Å²) >= 11 is 0.725. The second-order valence-corrected chi connectivity index (χ2v) is 9.03. The van der Waals surface area contributed by atoms with Crippen molar-refractivity contribution < 1.29 is 30.8 Å². The molecule has 3 aromatic carbocycles. The van der Waals surface area contributed by atoms with Crippen molar-refractivity contribution in [1.82, 2.24) is 5.32 Å². The van der Waals surface area contributed by atoms with Crippen LogP contribution in [0.3, 0.4) is 0 Å². The first kappa shape index (κ1) is 27.5. The van der Waals surface area contributed by atoms with Gasteiger partial charge in [0.1, 0.15) is 0 Å². The average molecular weight is 515 g/mol. The molecular formula is C27H34N2O6S. The van der Waals surface area contributed by atoms with Crippen molar-refractivity contribution in [2.75, 3.05) is 31.8 Å². The zero-order chi connectivity index (χ0) is 24.7. The molecule has 2 aliphatic rings. The number of amides is 1. The minimum atomic E-state index is -0.503. The van der Waals surface area contributed by atoms with Gasteiger partial charge in [0.25, 0.3) is 0 Å². The molecule has 194 valence electrons. The zero-order valence-corrected chi connectivity index (χ0v) is 20.9. The van der Waals surface area contributed by atoms with Gasteiger partial charge in [-0.15, -0.1) is 0 Å². The molecule has 5 rings (SSSR count).